The Balaban J connectivity index is 1.74. The number of hydrogen-bond donors (Lipinski definition) is 0. The third-order valence-electron chi connectivity index (χ3n) is 6.61. The van der Waals surface area contributed by atoms with E-state index in [9.17, 15) is 27.6 Å². The molecule has 0 bridgehead atoms. The third kappa shape index (κ3) is 8.27. The molecule has 12 heteroatoms. The van der Waals surface area contributed by atoms with Crippen LogP contribution in [0.3, 0.4) is 0 Å². The second-order valence-corrected chi connectivity index (χ2v) is 11.8. The summed E-state index contributed by atoms with van der Waals surface area (Å²) in [5.41, 5.74) is 0.476. The molecule has 4 rings (SSSR count). The van der Waals surface area contributed by atoms with E-state index in [0.717, 1.165) is 7.11 Å². The van der Waals surface area contributed by atoms with Crippen LogP contribution in [0.15, 0.2) is 91.0 Å². The van der Waals surface area contributed by atoms with E-state index in [1.54, 1.807) is 54.6 Å². The average molecular weight is 611 g/mol. The van der Waals surface area contributed by atoms with Crippen LogP contribution in [0.25, 0.3) is 0 Å². The monoisotopic (exact) mass is 610 g/mol. The summed E-state index contributed by atoms with van der Waals surface area (Å²) in [6.07, 6.45) is -6.86. The molecule has 0 saturated carbocycles. The zero-order chi connectivity index (χ0) is 31.0. The highest BCUT2D eigenvalue weighted by Crippen LogP contribution is 2.31. The molecule has 5 atom stereocenters. The van der Waals surface area contributed by atoms with Gasteiger partial charge in [0.25, 0.3) is 0 Å². The van der Waals surface area contributed by atoms with Gasteiger partial charge in [-0.15, -0.1) is 0 Å². The molecule has 0 radical (unpaired) electrons. The molecule has 0 spiro atoms. The van der Waals surface area contributed by atoms with Gasteiger partial charge in [-0.05, 0) is 43.3 Å². The summed E-state index contributed by atoms with van der Waals surface area (Å²) in [4.78, 5) is 51.4. The molecule has 1 fully saturated rings. The van der Waals surface area contributed by atoms with E-state index in [-0.39, 0.29) is 16.7 Å². The lowest BCUT2D eigenvalue weighted by molar-refractivity contribution is -0.211. The highest BCUT2D eigenvalue weighted by atomic mass is 32.2. The van der Waals surface area contributed by atoms with Crippen LogP contribution >= 0.6 is 0 Å². The van der Waals surface area contributed by atoms with Crippen molar-refractivity contribution in [3.8, 4) is 0 Å². The smallest absolute Gasteiger partial charge is 0.338 e. The number of sulfone groups is 1. The maximum absolute atomic E-state index is 13.3. The van der Waals surface area contributed by atoms with Gasteiger partial charge in [-0.1, -0.05) is 54.6 Å². The molecule has 1 aliphatic rings. The Bertz CT molecular complexity index is 1530. The van der Waals surface area contributed by atoms with Gasteiger partial charge in [0.15, 0.2) is 28.1 Å². The number of ether oxygens (including phenoxy) is 5. The van der Waals surface area contributed by atoms with Crippen LogP contribution in [-0.2, 0) is 38.3 Å². The molecule has 1 saturated heterocycles. The number of esters is 4. The van der Waals surface area contributed by atoms with E-state index in [4.69, 9.17) is 18.9 Å². The first-order chi connectivity index (χ1) is 20.6. The largest absolute Gasteiger partial charge is 0.468 e. The number of rotatable bonds is 10. The summed E-state index contributed by atoms with van der Waals surface area (Å²) in [6.45, 7) is 1.50. The van der Waals surface area contributed by atoms with Crippen molar-refractivity contribution in [3.63, 3.8) is 0 Å². The number of benzene rings is 3. The van der Waals surface area contributed by atoms with E-state index in [1.807, 2.05) is 0 Å². The molecule has 3 aromatic rings. The Labute approximate surface area is 248 Å². The molecule has 11 nitrogen and oxygen atoms in total. The van der Waals surface area contributed by atoms with Crippen LogP contribution in [0.2, 0.25) is 0 Å². The van der Waals surface area contributed by atoms with Gasteiger partial charge >= 0.3 is 23.9 Å². The van der Waals surface area contributed by atoms with E-state index in [0.29, 0.717) is 0 Å². The van der Waals surface area contributed by atoms with Crippen molar-refractivity contribution < 1.29 is 51.3 Å². The molecule has 0 unspecified atom stereocenters. The minimum absolute atomic E-state index is 0.128. The Morgan fingerprint density at radius 1 is 0.651 bits per heavy atom. The zero-order valence-electron chi connectivity index (χ0n) is 23.4. The van der Waals surface area contributed by atoms with Gasteiger partial charge in [-0.2, -0.15) is 0 Å². The minimum atomic E-state index is -4.18. The van der Waals surface area contributed by atoms with Crippen molar-refractivity contribution in [1.29, 1.82) is 0 Å². The predicted molar refractivity (Wildman–Crippen MR) is 152 cm³/mol. The molecule has 1 heterocycles. The van der Waals surface area contributed by atoms with Crippen LogP contribution < -0.4 is 0 Å². The lowest BCUT2D eigenvalue weighted by atomic mass is 9.95. The third-order valence-corrected chi connectivity index (χ3v) is 8.12. The van der Waals surface area contributed by atoms with Crippen molar-refractivity contribution in [2.75, 3.05) is 18.6 Å². The fourth-order valence-electron chi connectivity index (χ4n) is 4.52. The summed E-state index contributed by atoms with van der Waals surface area (Å²) < 4.78 is 53.8. The van der Waals surface area contributed by atoms with Crippen molar-refractivity contribution in [2.45, 2.75) is 37.4 Å². The number of methoxy groups -OCH3 is 1. The zero-order valence-corrected chi connectivity index (χ0v) is 24.2. The van der Waals surface area contributed by atoms with Gasteiger partial charge in [0.1, 0.15) is 11.9 Å². The van der Waals surface area contributed by atoms with Gasteiger partial charge < -0.3 is 23.7 Å². The van der Waals surface area contributed by atoms with Crippen LogP contribution in [0.1, 0.15) is 38.0 Å². The normalized spacial score (nSPS) is 21.7. The Hall–Kier alpha value is -4.55. The SMILES string of the molecule is COC(=O)CS(=O)(=O)C[C@H]1O[C@@H](C)[C@@H](OC(=O)c2ccccc2)[C@@H](OC(=O)c2ccccc2)[C@@H]1OC(=O)c1ccccc1. The molecule has 43 heavy (non-hydrogen) atoms. The van der Waals surface area contributed by atoms with E-state index < -0.39 is 75.7 Å². The predicted octanol–water partition coefficient (Wildman–Crippen LogP) is 3.04. The fraction of sp³-hybridized carbons (Fsp3) is 0.290. The molecule has 226 valence electrons. The topological polar surface area (TPSA) is 149 Å². The van der Waals surface area contributed by atoms with Gasteiger partial charge in [0, 0.05) is 0 Å². The first-order valence-corrected chi connectivity index (χ1v) is 15.1. The maximum Gasteiger partial charge on any atom is 0.338 e. The fourth-order valence-corrected chi connectivity index (χ4v) is 5.88. The standard InChI is InChI=1S/C31H30O11S/c1-20-26(40-29(33)21-12-6-3-7-13-21)28(42-31(35)23-16-10-5-11-17-23)27(41-30(34)22-14-8-4-9-15-22)24(39-20)18-43(36,37)19-25(32)38-2/h3-17,20,24,26-28H,18-19H2,1-2H3/t20-,24+,26+,27+,28+/m0/s1. The summed E-state index contributed by atoms with van der Waals surface area (Å²) in [5.74, 6) is -5.23. The Morgan fingerprint density at radius 3 is 1.47 bits per heavy atom. The number of carbonyl (C=O) groups is 4. The molecular formula is C31H30O11S. The van der Waals surface area contributed by atoms with Crippen LogP contribution in [0, 0.1) is 0 Å². The van der Waals surface area contributed by atoms with Crippen LogP contribution in [0.5, 0.6) is 0 Å². The van der Waals surface area contributed by atoms with E-state index >= 15 is 0 Å². The molecule has 1 aliphatic heterocycles. The molecule has 0 aromatic heterocycles. The van der Waals surface area contributed by atoms with E-state index in [2.05, 4.69) is 4.74 Å². The summed E-state index contributed by atoms with van der Waals surface area (Å²) in [6, 6.07) is 23.8. The molecular weight excluding hydrogens is 580 g/mol. The van der Waals surface area contributed by atoms with Crippen molar-refractivity contribution in [2.24, 2.45) is 0 Å². The second-order valence-electron chi connectivity index (χ2n) is 9.72. The van der Waals surface area contributed by atoms with Crippen LogP contribution in [-0.4, -0.2) is 81.4 Å². The number of hydrogen-bond acceptors (Lipinski definition) is 11. The van der Waals surface area contributed by atoms with Crippen molar-refractivity contribution >= 4 is 33.7 Å². The Kier molecular flexibility index (Phi) is 10.3. The molecule has 0 N–H and O–H groups in total. The second kappa shape index (κ2) is 14.1. The first-order valence-electron chi connectivity index (χ1n) is 13.3. The van der Waals surface area contributed by atoms with E-state index in [1.165, 1.54) is 43.3 Å². The quantitative estimate of drug-likeness (QED) is 0.246. The van der Waals surface area contributed by atoms with Crippen molar-refractivity contribution in [3.05, 3.63) is 108 Å². The van der Waals surface area contributed by atoms with Gasteiger partial charge in [0.05, 0.1) is 35.7 Å². The first kappa shape index (κ1) is 31.4. The van der Waals surface area contributed by atoms with Gasteiger partial charge in [0.2, 0.25) is 0 Å². The molecule has 3 aromatic carbocycles. The van der Waals surface area contributed by atoms with Crippen LogP contribution in [0.4, 0.5) is 0 Å². The summed E-state index contributed by atoms with van der Waals surface area (Å²) in [5, 5.41) is 0. The average Bonchev–Trinajstić information content (AvgIpc) is 3.01. The lowest BCUT2D eigenvalue weighted by Gasteiger charge is -2.44. The lowest BCUT2D eigenvalue weighted by Crippen LogP contribution is -2.62. The molecule has 0 amide bonds. The van der Waals surface area contributed by atoms with Gasteiger partial charge in [-0.25, -0.2) is 22.8 Å². The Morgan fingerprint density at radius 2 is 1.05 bits per heavy atom. The number of carbonyl (C=O) groups excluding carboxylic acids is 4. The van der Waals surface area contributed by atoms with Crippen molar-refractivity contribution in [1.82, 2.24) is 0 Å². The highest BCUT2D eigenvalue weighted by Gasteiger charge is 2.52. The summed E-state index contributed by atoms with van der Waals surface area (Å²) >= 11 is 0. The highest BCUT2D eigenvalue weighted by molar-refractivity contribution is 7.92. The minimum Gasteiger partial charge on any atom is -0.468 e. The van der Waals surface area contributed by atoms with Gasteiger partial charge in [-0.3, -0.25) is 4.79 Å². The molecule has 0 aliphatic carbocycles. The summed E-state index contributed by atoms with van der Waals surface area (Å²) in [7, 11) is -3.13. The maximum atomic E-state index is 13.3.